The van der Waals surface area contributed by atoms with Crippen LogP contribution in [0.4, 0.5) is 5.82 Å². The Balaban J connectivity index is 2.90. The molecule has 0 amide bonds. The van der Waals surface area contributed by atoms with Crippen LogP contribution >= 0.6 is 0 Å². The largest absolute Gasteiger partial charge is 0.382 e. The maximum atomic E-state index is 9.80. The third-order valence-corrected chi connectivity index (χ3v) is 0.944. The summed E-state index contributed by atoms with van der Waals surface area (Å²) in [6.45, 7) is 0. The zero-order chi connectivity index (χ0) is 8.10. The molecule has 0 unspecified atom stereocenters. The Morgan fingerprint density at radius 3 is 2.82 bits per heavy atom. The van der Waals surface area contributed by atoms with E-state index < -0.39 is 0 Å². The molecular formula is C7H5N3O. The van der Waals surface area contributed by atoms with Crippen LogP contribution < -0.4 is 5.73 Å². The smallest absolute Gasteiger partial charge is 0.193 e. The predicted molar refractivity (Wildman–Crippen MR) is 39.4 cm³/mol. The fraction of sp³-hybridized carbons (Fsp3) is 0. The molecule has 0 spiro atoms. The summed E-state index contributed by atoms with van der Waals surface area (Å²) in [6, 6.07) is 3.17. The first-order chi connectivity index (χ1) is 5.33. The van der Waals surface area contributed by atoms with Crippen LogP contribution in [-0.2, 0) is 4.79 Å². The lowest BCUT2D eigenvalue weighted by Gasteiger charge is -1.87. The zero-order valence-corrected chi connectivity index (χ0v) is 5.61. The van der Waals surface area contributed by atoms with Gasteiger partial charge in [0.25, 0.3) is 0 Å². The number of rotatable bonds is 0. The second-order valence-electron chi connectivity index (χ2n) is 1.73. The van der Waals surface area contributed by atoms with Gasteiger partial charge >= 0.3 is 0 Å². The average molecular weight is 147 g/mol. The molecule has 11 heavy (non-hydrogen) atoms. The molecule has 0 atom stereocenters. The third-order valence-electron chi connectivity index (χ3n) is 0.944. The fourth-order valence-corrected chi connectivity index (χ4v) is 0.513. The molecule has 54 valence electrons. The van der Waals surface area contributed by atoms with Crippen LogP contribution in [0.3, 0.4) is 0 Å². The van der Waals surface area contributed by atoms with Gasteiger partial charge < -0.3 is 5.73 Å². The van der Waals surface area contributed by atoms with Gasteiger partial charge in [0.1, 0.15) is 11.5 Å². The van der Waals surface area contributed by atoms with Gasteiger partial charge in [-0.1, -0.05) is 0 Å². The van der Waals surface area contributed by atoms with E-state index in [1.807, 2.05) is 0 Å². The van der Waals surface area contributed by atoms with Gasteiger partial charge in [0.05, 0.1) is 0 Å². The lowest BCUT2D eigenvalue weighted by atomic mass is 10.4. The van der Waals surface area contributed by atoms with Crippen molar-refractivity contribution < 1.29 is 4.79 Å². The number of carbonyl (C=O) groups excluding carboxylic acids is 1. The summed E-state index contributed by atoms with van der Waals surface area (Å²) < 4.78 is 0. The number of hydrogen-bond acceptors (Lipinski definition) is 4. The van der Waals surface area contributed by atoms with Crippen molar-refractivity contribution in [1.29, 1.82) is 0 Å². The minimum atomic E-state index is 0.335. The first-order valence-corrected chi connectivity index (χ1v) is 2.87. The molecule has 1 aromatic rings. The summed E-state index contributed by atoms with van der Waals surface area (Å²) in [5, 5.41) is 7.15. The fourth-order valence-electron chi connectivity index (χ4n) is 0.513. The lowest BCUT2D eigenvalue weighted by molar-refractivity contribution is -0.103. The van der Waals surface area contributed by atoms with Gasteiger partial charge in [-0.3, -0.25) is 4.79 Å². The lowest BCUT2D eigenvalue weighted by Crippen LogP contribution is -1.93. The van der Waals surface area contributed by atoms with E-state index in [0.717, 1.165) is 0 Å². The first-order valence-electron chi connectivity index (χ1n) is 2.87. The van der Waals surface area contributed by atoms with Crippen LogP contribution in [0.5, 0.6) is 0 Å². The van der Waals surface area contributed by atoms with Crippen LogP contribution in [0.15, 0.2) is 12.1 Å². The van der Waals surface area contributed by atoms with Crippen LogP contribution in [0.25, 0.3) is 0 Å². The molecule has 0 fully saturated rings. The van der Waals surface area contributed by atoms with Crippen LogP contribution in [-0.4, -0.2) is 16.5 Å². The predicted octanol–water partition coefficient (Wildman–Crippen LogP) is -0.391. The van der Waals surface area contributed by atoms with Crippen molar-refractivity contribution >= 4 is 12.1 Å². The first kappa shape index (κ1) is 7.22. The molecule has 0 saturated heterocycles. The molecule has 1 aromatic heterocycles. The van der Waals surface area contributed by atoms with E-state index in [9.17, 15) is 4.79 Å². The van der Waals surface area contributed by atoms with Gasteiger partial charge in [-0.25, -0.2) is 0 Å². The normalized spacial score (nSPS) is 8.00. The Morgan fingerprint density at radius 2 is 2.27 bits per heavy atom. The Bertz CT molecular complexity index is 307. The summed E-state index contributed by atoms with van der Waals surface area (Å²) in [5.74, 6) is 5.02. The van der Waals surface area contributed by atoms with Crippen LogP contribution in [0, 0.1) is 11.8 Å². The highest BCUT2D eigenvalue weighted by Gasteiger charge is 1.87. The highest BCUT2D eigenvalue weighted by Crippen LogP contribution is 1.93. The maximum absolute atomic E-state index is 9.80. The summed E-state index contributed by atoms with van der Waals surface area (Å²) in [7, 11) is 0. The molecule has 0 radical (unpaired) electrons. The topological polar surface area (TPSA) is 68.9 Å². The van der Waals surface area contributed by atoms with Crippen molar-refractivity contribution in [2.75, 3.05) is 5.73 Å². The Hall–Kier alpha value is -1.89. The highest BCUT2D eigenvalue weighted by molar-refractivity contribution is 5.73. The highest BCUT2D eigenvalue weighted by atomic mass is 16.1. The quantitative estimate of drug-likeness (QED) is 0.400. The van der Waals surface area contributed by atoms with Gasteiger partial charge in [0.2, 0.25) is 0 Å². The average Bonchev–Trinajstić information content (AvgIpc) is 2.04. The molecule has 0 bridgehead atoms. The molecule has 0 aliphatic carbocycles. The number of nitrogens with two attached hydrogens (primary N) is 1. The van der Waals surface area contributed by atoms with Gasteiger partial charge in [-0.2, -0.15) is 0 Å². The van der Waals surface area contributed by atoms with Gasteiger partial charge in [0, 0.05) is 0 Å². The summed E-state index contributed by atoms with van der Waals surface area (Å²) in [5.41, 5.74) is 5.70. The number of aldehydes is 1. The second-order valence-corrected chi connectivity index (χ2v) is 1.73. The van der Waals surface area contributed by atoms with Crippen molar-refractivity contribution in [1.82, 2.24) is 10.2 Å². The van der Waals surface area contributed by atoms with Gasteiger partial charge in [0.15, 0.2) is 6.29 Å². The standard InChI is InChI=1S/C7H5N3O/c8-7-4-3-6(9-10-7)2-1-5-11/h3-5H,(H2,8,10). The summed E-state index contributed by atoms with van der Waals surface area (Å²) in [6.07, 6.45) is 0.498. The number of nitrogen functional groups attached to an aromatic ring is 1. The molecule has 0 aromatic carbocycles. The zero-order valence-electron chi connectivity index (χ0n) is 5.61. The summed E-state index contributed by atoms with van der Waals surface area (Å²) >= 11 is 0. The van der Waals surface area contributed by atoms with E-state index in [2.05, 4.69) is 22.0 Å². The van der Waals surface area contributed by atoms with Crippen molar-refractivity contribution in [3.63, 3.8) is 0 Å². The SMILES string of the molecule is Nc1ccc(C#CC=O)nn1. The number of anilines is 1. The molecule has 2 N–H and O–H groups in total. The van der Waals surface area contributed by atoms with Crippen molar-refractivity contribution in [3.8, 4) is 11.8 Å². The monoisotopic (exact) mass is 147 g/mol. The molecule has 0 aliphatic heterocycles. The molecule has 1 rings (SSSR count). The summed E-state index contributed by atoms with van der Waals surface area (Å²) in [4.78, 5) is 9.80. The van der Waals surface area contributed by atoms with Crippen LogP contribution in [0.2, 0.25) is 0 Å². The third kappa shape index (κ3) is 2.06. The van der Waals surface area contributed by atoms with Gasteiger partial charge in [-0.05, 0) is 24.0 Å². The molecule has 4 heteroatoms. The van der Waals surface area contributed by atoms with E-state index in [1.54, 1.807) is 12.1 Å². The number of nitrogens with zero attached hydrogens (tertiary/aromatic N) is 2. The molecular weight excluding hydrogens is 142 g/mol. The Labute approximate surface area is 63.4 Å². The minimum absolute atomic E-state index is 0.335. The van der Waals surface area contributed by atoms with E-state index in [1.165, 1.54) is 0 Å². The van der Waals surface area contributed by atoms with E-state index in [0.29, 0.717) is 17.8 Å². The molecule has 1 heterocycles. The van der Waals surface area contributed by atoms with E-state index in [-0.39, 0.29) is 0 Å². The van der Waals surface area contributed by atoms with E-state index >= 15 is 0 Å². The van der Waals surface area contributed by atoms with Crippen molar-refractivity contribution in [2.45, 2.75) is 0 Å². The number of hydrogen-bond donors (Lipinski definition) is 1. The number of aromatic nitrogens is 2. The van der Waals surface area contributed by atoms with E-state index in [4.69, 9.17) is 5.73 Å². The molecule has 4 nitrogen and oxygen atoms in total. The molecule has 0 saturated carbocycles. The van der Waals surface area contributed by atoms with Crippen LogP contribution in [0.1, 0.15) is 5.69 Å². The maximum Gasteiger partial charge on any atom is 0.193 e. The second kappa shape index (κ2) is 3.32. The van der Waals surface area contributed by atoms with Gasteiger partial charge in [-0.15, -0.1) is 10.2 Å². The van der Waals surface area contributed by atoms with Crippen molar-refractivity contribution in [2.24, 2.45) is 0 Å². The number of carbonyl (C=O) groups is 1. The minimum Gasteiger partial charge on any atom is -0.382 e. The Kier molecular flexibility index (Phi) is 2.18. The molecule has 0 aliphatic rings. The van der Waals surface area contributed by atoms with Crippen molar-refractivity contribution in [3.05, 3.63) is 17.8 Å². The Morgan fingerprint density at radius 1 is 1.45 bits per heavy atom.